The van der Waals surface area contributed by atoms with Crippen LogP contribution in [-0.4, -0.2) is 61.7 Å². The van der Waals surface area contributed by atoms with Crippen molar-refractivity contribution in [1.82, 2.24) is 10.2 Å². The topological polar surface area (TPSA) is 69.6 Å². The zero-order valence-corrected chi connectivity index (χ0v) is 19.4. The summed E-state index contributed by atoms with van der Waals surface area (Å²) in [6.45, 7) is 2.06. The summed E-state index contributed by atoms with van der Waals surface area (Å²) in [5, 5.41) is 15.5. The van der Waals surface area contributed by atoms with Gasteiger partial charge in [-0.3, -0.25) is 4.90 Å². The van der Waals surface area contributed by atoms with Crippen molar-refractivity contribution >= 4 is 33.0 Å². The van der Waals surface area contributed by atoms with Crippen molar-refractivity contribution in [3.8, 4) is 0 Å². The molecule has 5 nitrogen and oxygen atoms in total. The van der Waals surface area contributed by atoms with Gasteiger partial charge in [-0.2, -0.15) is 0 Å². The molecule has 8 heteroatoms. The van der Waals surface area contributed by atoms with Gasteiger partial charge in [-0.25, -0.2) is 8.42 Å². The minimum absolute atomic E-state index is 0.0226. The Labute approximate surface area is 193 Å². The molecule has 31 heavy (non-hydrogen) atoms. The van der Waals surface area contributed by atoms with E-state index in [-0.39, 0.29) is 30.6 Å². The summed E-state index contributed by atoms with van der Waals surface area (Å²) >= 11 is 12.1. The number of likely N-dealkylation sites (tertiary alicyclic amines) is 1. The SMILES string of the molecule is O=S(=O)(CC1=CCNCC1)CC1(O)CN(C(c2ccc(Cl)cc2)c2ccc(Cl)cc2)C1. The van der Waals surface area contributed by atoms with Gasteiger partial charge in [-0.15, -0.1) is 0 Å². The summed E-state index contributed by atoms with van der Waals surface area (Å²) < 4.78 is 25.5. The smallest absolute Gasteiger partial charge is 0.157 e. The molecule has 4 rings (SSSR count). The molecular weight excluding hydrogens is 455 g/mol. The van der Waals surface area contributed by atoms with E-state index in [9.17, 15) is 13.5 Å². The molecule has 0 amide bonds. The van der Waals surface area contributed by atoms with E-state index in [4.69, 9.17) is 23.2 Å². The van der Waals surface area contributed by atoms with E-state index in [1.54, 1.807) is 0 Å². The highest BCUT2D eigenvalue weighted by atomic mass is 35.5. The van der Waals surface area contributed by atoms with Crippen molar-refractivity contribution in [2.45, 2.75) is 18.1 Å². The number of aliphatic hydroxyl groups is 1. The molecule has 166 valence electrons. The Bertz CT molecular complexity index is 1000. The van der Waals surface area contributed by atoms with Crippen LogP contribution in [0.2, 0.25) is 10.0 Å². The number of nitrogens with zero attached hydrogens (tertiary/aromatic N) is 1. The van der Waals surface area contributed by atoms with Crippen molar-refractivity contribution in [2.75, 3.05) is 37.7 Å². The van der Waals surface area contributed by atoms with E-state index >= 15 is 0 Å². The number of halogens is 2. The van der Waals surface area contributed by atoms with Crippen LogP contribution in [0.25, 0.3) is 0 Å². The van der Waals surface area contributed by atoms with Gasteiger partial charge in [0.25, 0.3) is 0 Å². The molecule has 0 bridgehead atoms. The molecule has 2 aliphatic rings. The fourth-order valence-electron chi connectivity index (χ4n) is 4.43. The molecule has 1 fully saturated rings. The normalized spacial score (nSPS) is 19.2. The standard InChI is InChI=1S/C23H26Cl2N2O3S/c24-20-5-1-18(2-6-20)22(19-3-7-21(25)8-4-19)27-14-23(28,15-27)16-31(29,30)13-17-9-11-26-12-10-17/h1-9,22,26,28H,10-16H2. The number of nitrogens with one attached hydrogen (secondary N) is 1. The maximum Gasteiger partial charge on any atom is 0.157 e. The van der Waals surface area contributed by atoms with Crippen molar-refractivity contribution in [3.63, 3.8) is 0 Å². The number of sulfone groups is 1. The molecular formula is C23H26Cl2N2O3S. The van der Waals surface area contributed by atoms with Crippen LogP contribution in [0, 0.1) is 0 Å². The molecule has 2 aliphatic heterocycles. The summed E-state index contributed by atoms with van der Waals surface area (Å²) in [6.07, 6.45) is 2.67. The molecule has 2 heterocycles. The number of benzene rings is 2. The second-order valence-corrected chi connectivity index (χ2v) is 11.4. The summed E-state index contributed by atoms with van der Waals surface area (Å²) in [5.41, 5.74) is 1.73. The zero-order chi connectivity index (χ0) is 22.1. The molecule has 0 spiro atoms. The highest BCUT2D eigenvalue weighted by Crippen LogP contribution is 2.37. The Balaban J connectivity index is 1.49. The average molecular weight is 481 g/mol. The second-order valence-electron chi connectivity index (χ2n) is 8.48. The first-order chi connectivity index (χ1) is 14.7. The predicted molar refractivity (Wildman–Crippen MR) is 125 cm³/mol. The molecule has 0 saturated carbocycles. The number of hydrogen-bond donors (Lipinski definition) is 2. The highest BCUT2D eigenvalue weighted by molar-refractivity contribution is 7.91. The Hall–Kier alpha value is -1.41. The molecule has 0 aliphatic carbocycles. The van der Waals surface area contributed by atoms with E-state index < -0.39 is 15.4 Å². The fourth-order valence-corrected chi connectivity index (χ4v) is 6.61. The van der Waals surface area contributed by atoms with Gasteiger partial charge < -0.3 is 10.4 Å². The summed E-state index contributed by atoms with van der Waals surface area (Å²) in [7, 11) is -3.40. The number of rotatable bonds is 7. The van der Waals surface area contributed by atoms with Gasteiger partial charge >= 0.3 is 0 Å². The van der Waals surface area contributed by atoms with E-state index in [1.807, 2.05) is 54.6 Å². The van der Waals surface area contributed by atoms with E-state index in [0.29, 0.717) is 16.6 Å². The Morgan fingerprint density at radius 3 is 2.03 bits per heavy atom. The molecule has 0 radical (unpaired) electrons. The van der Waals surface area contributed by atoms with Gasteiger partial charge in [-0.1, -0.05) is 59.1 Å². The second kappa shape index (κ2) is 9.22. The van der Waals surface area contributed by atoms with Gasteiger partial charge in [0, 0.05) is 29.7 Å². The first kappa shape index (κ1) is 22.8. The Morgan fingerprint density at radius 2 is 1.55 bits per heavy atom. The molecule has 2 aromatic carbocycles. The van der Waals surface area contributed by atoms with Crippen LogP contribution < -0.4 is 5.32 Å². The van der Waals surface area contributed by atoms with Crippen LogP contribution in [0.1, 0.15) is 23.6 Å². The van der Waals surface area contributed by atoms with Crippen LogP contribution in [0.4, 0.5) is 0 Å². The minimum Gasteiger partial charge on any atom is -0.386 e. The van der Waals surface area contributed by atoms with Crippen LogP contribution >= 0.6 is 23.2 Å². The van der Waals surface area contributed by atoms with Gasteiger partial charge in [0.15, 0.2) is 9.84 Å². The van der Waals surface area contributed by atoms with E-state index in [0.717, 1.165) is 29.7 Å². The van der Waals surface area contributed by atoms with E-state index in [1.165, 1.54) is 0 Å². The minimum atomic E-state index is -3.40. The average Bonchev–Trinajstić information content (AvgIpc) is 2.70. The molecule has 2 aromatic rings. The third-order valence-electron chi connectivity index (χ3n) is 5.78. The maximum absolute atomic E-state index is 12.7. The maximum atomic E-state index is 12.7. The lowest BCUT2D eigenvalue weighted by Gasteiger charge is -2.50. The third-order valence-corrected chi connectivity index (χ3v) is 8.08. The fraction of sp³-hybridized carbons (Fsp3) is 0.391. The lowest BCUT2D eigenvalue weighted by molar-refractivity contribution is -0.0937. The lowest BCUT2D eigenvalue weighted by Crippen LogP contribution is -2.65. The van der Waals surface area contributed by atoms with Crippen LogP contribution in [0.15, 0.2) is 60.2 Å². The third kappa shape index (κ3) is 5.69. The molecule has 1 saturated heterocycles. The summed E-state index contributed by atoms with van der Waals surface area (Å²) in [6, 6.07) is 15.1. The molecule has 0 aromatic heterocycles. The van der Waals surface area contributed by atoms with Crippen LogP contribution in [-0.2, 0) is 9.84 Å². The first-order valence-electron chi connectivity index (χ1n) is 10.3. The molecule has 2 N–H and O–H groups in total. The monoisotopic (exact) mass is 480 g/mol. The van der Waals surface area contributed by atoms with Crippen molar-refractivity contribution in [3.05, 3.63) is 81.4 Å². The summed E-state index contributed by atoms with van der Waals surface area (Å²) in [4.78, 5) is 2.09. The van der Waals surface area contributed by atoms with Gasteiger partial charge in [0.05, 0.1) is 17.5 Å². The van der Waals surface area contributed by atoms with Crippen LogP contribution in [0.5, 0.6) is 0 Å². The molecule has 0 unspecified atom stereocenters. The first-order valence-corrected chi connectivity index (χ1v) is 12.9. The Kier molecular flexibility index (Phi) is 6.77. The molecule has 0 atom stereocenters. The van der Waals surface area contributed by atoms with Gasteiger partial charge in [0.1, 0.15) is 5.60 Å². The van der Waals surface area contributed by atoms with Gasteiger partial charge in [0.2, 0.25) is 0 Å². The highest BCUT2D eigenvalue weighted by Gasteiger charge is 2.47. The number of β-amino-alcohol motifs (C(OH)–C–C–N with tert-alkyl or cyclic N) is 1. The predicted octanol–water partition coefficient (Wildman–Crippen LogP) is 3.46. The van der Waals surface area contributed by atoms with Gasteiger partial charge in [-0.05, 0) is 48.4 Å². The number of hydrogen-bond acceptors (Lipinski definition) is 5. The van der Waals surface area contributed by atoms with E-state index in [2.05, 4.69) is 10.2 Å². The van der Waals surface area contributed by atoms with Crippen molar-refractivity contribution in [2.24, 2.45) is 0 Å². The quantitative estimate of drug-likeness (QED) is 0.593. The Morgan fingerprint density at radius 1 is 1.00 bits per heavy atom. The van der Waals surface area contributed by atoms with Crippen molar-refractivity contribution in [1.29, 1.82) is 0 Å². The summed E-state index contributed by atoms with van der Waals surface area (Å²) in [5.74, 6) is -0.204. The largest absolute Gasteiger partial charge is 0.386 e. The van der Waals surface area contributed by atoms with Crippen molar-refractivity contribution < 1.29 is 13.5 Å². The van der Waals surface area contributed by atoms with Crippen LogP contribution in [0.3, 0.4) is 0 Å². The lowest BCUT2D eigenvalue weighted by atomic mass is 9.88. The zero-order valence-electron chi connectivity index (χ0n) is 17.1.